The van der Waals surface area contributed by atoms with Crippen molar-refractivity contribution < 1.29 is 0 Å². The first-order valence-corrected chi connectivity index (χ1v) is 6.08. The van der Waals surface area contributed by atoms with E-state index in [-0.39, 0.29) is 0 Å². The fourth-order valence-corrected chi connectivity index (χ4v) is 3.15. The lowest BCUT2D eigenvalue weighted by Crippen LogP contribution is -2.55. The highest BCUT2D eigenvalue weighted by Gasteiger charge is 2.29. The maximum absolute atomic E-state index is 2.71. The second-order valence-corrected chi connectivity index (χ2v) is 5.86. The van der Waals surface area contributed by atoms with E-state index in [1.54, 1.807) is 0 Å². The molecule has 2 rings (SSSR count). The van der Waals surface area contributed by atoms with E-state index >= 15 is 0 Å². The molecule has 2 aliphatic heterocycles. The Hall–Kier alpha value is 0.452. The van der Waals surface area contributed by atoms with Crippen LogP contribution in [-0.4, -0.2) is 57.5 Å². The van der Waals surface area contributed by atoms with Gasteiger partial charge in [-0.15, -0.1) is 0 Å². The minimum Gasteiger partial charge on any atom is -0.388 e. The van der Waals surface area contributed by atoms with Crippen molar-refractivity contribution in [2.24, 2.45) is 5.92 Å². The predicted octanol–water partition coefficient (Wildman–Crippen LogP) is -0.0494. The van der Waals surface area contributed by atoms with Gasteiger partial charge in [0.25, 0.3) is 0 Å². The van der Waals surface area contributed by atoms with Gasteiger partial charge in [0.05, 0.1) is 0 Å². The highest BCUT2D eigenvalue weighted by atomic mass is 27.1. The maximum atomic E-state index is 2.71. The molecule has 0 aromatic carbocycles. The second kappa shape index (κ2) is 3.67. The number of piperazine rings is 1. The van der Waals surface area contributed by atoms with Gasteiger partial charge in [-0.05, 0) is 31.8 Å². The van der Waals surface area contributed by atoms with E-state index in [1.807, 2.05) is 0 Å². The molecule has 3 heteroatoms. The Kier molecular flexibility index (Phi) is 2.76. The van der Waals surface area contributed by atoms with Gasteiger partial charge in [0.15, 0.2) is 0 Å². The third-order valence-corrected chi connectivity index (χ3v) is 4.16. The minimum atomic E-state index is 0.910. The summed E-state index contributed by atoms with van der Waals surface area (Å²) in [7, 11) is 0. The van der Waals surface area contributed by atoms with Crippen LogP contribution in [0.3, 0.4) is 0 Å². The van der Waals surface area contributed by atoms with Crippen molar-refractivity contribution in [3.05, 3.63) is 0 Å². The number of hydrogen-bond donors (Lipinski definition) is 0. The SMILES string of the molecule is CC1CCC2C[N]([AlH2])CCN2C1. The lowest BCUT2D eigenvalue weighted by molar-refractivity contribution is 0.0625. The number of hydrogen-bond acceptors (Lipinski definition) is 2. The van der Waals surface area contributed by atoms with Crippen LogP contribution in [0.15, 0.2) is 0 Å². The van der Waals surface area contributed by atoms with Gasteiger partial charge in [0, 0.05) is 19.1 Å². The van der Waals surface area contributed by atoms with Gasteiger partial charge in [-0.25, -0.2) is 0 Å². The largest absolute Gasteiger partial charge is 0.388 e. The number of rotatable bonds is 0. The summed E-state index contributed by atoms with van der Waals surface area (Å²) in [5.41, 5.74) is 0. The lowest BCUT2D eigenvalue weighted by Gasteiger charge is -2.45. The molecule has 68 valence electrons. The van der Waals surface area contributed by atoms with Gasteiger partial charge in [0.1, 0.15) is 0 Å². The summed E-state index contributed by atoms with van der Waals surface area (Å²) in [5, 5.41) is 0. The molecule has 0 bridgehead atoms. The van der Waals surface area contributed by atoms with Crippen LogP contribution >= 0.6 is 0 Å². The zero-order chi connectivity index (χ0) is 8.55. The van der Waals surface area contributed by atoms with Crippen molar-refractivity contribution in [1.29, 1.82) is 0 Å². The third kappa shape index (κ3) is 1.85. The van der Waals surface area contributed by atoms with Crippen molar-refractivity contribution >= 4 is 16.5 Å². The molecule has 2 nitrogen and oxygen atoms in total. The quantitative estimate of drug-likeness (QED) is 0.485. The molecule has 0 saturated carbocycles. The Labute approximate surface area is 83.5 Å². The van der Waals surface area contributed by atoms with Crippen LogP contribution in [0.4, 0.5) is 0 Å². The van der Waals surface area contributed by atoms with Gasteiger partial charge < -0.3 is 3.88 Å². The molecule has 0 N–H and O–H groups in total. The molecule has 12 heavy (non-hydrogen) atoms. The van der Waals surface area contributed by atoms with Crippen LogP contribution in [0, 0.1) is 5.92 Å². The minimum absolute atomic E-state index is 0.910. The van der Waals surface area contributed by atoms with E-state index in [4.69, 9.17) is 0 Å². The highest BCUT2D eigenvalue weighted by molar-refractivity contribution is 6.04. The molecule has 0 radical (unpaired) electrons. The molecule has 2 aliphatic rings. The topological polar surface area (TPSA) is 6.48 Å². The van der Waals surface area contributed by atoms with Gasteiger partial charge >= 0.3 is 16.5 Å². The first-order chi connectivity index (χ1) is 5.75. The molecule has 2 saturated heterocycles. The summed E-state index contributed by atoms with van der Waals surface area (Å²) in [5.74, 6) is 0.946. The van der Waals surface area contributed by atoms with E-state index in [0.29, 0.717) is 0 Å². The first kappa shape index (κ1) is 9.03. The summed E-state index contributed by atoms with van der Waals surface area (Å²) < 4.78 is 2.61. The summed E-state index contributed by atoms with van der Waals surface area (Å²) in [6.07, 6.45) is 2.90. The Balaban J connectivity index is 1.94. The third-order valence-electron chi connectivity index (χ3n) is 3.35. The Morgan fingerprint density at radius 2 is 2.00 bits per heavy atom. The van der Waals surface area contributed by atoms with E-state index in [9.17, 15) is 0 Å². The maximum Gasteiger partial charge on any atom is 0.321 e. The summed E-state index contributed by atoms with van der Waals surface area (Å²) >= 11 is 1.26. The van der Waals surface area contributed by atoms with Crippen LogP contribution in [0.25, 0.3) is 0 Å². The Morgan fingerprint density at radius 3 is 2.83 bits per heavy atom. The van der Waals surface area contributed by atoms with Crippen molar-refractivity contribution in [3.8, 4) is 0 Å². The molecule has 0 amide bonds. The molecule has 2 fully saturated rings. The second-order valence-electron chi connectivity index (χ2n) is 4.59. The zero-order valence-electron chi connectivity index (χ0n) is 8.29. The van der Waals surface area contributed by atoms with E-state index in [0.717, 1.165) is 12.0 Å². The van der Waals surface area contributed by atoms with Crippen molar-refractivity contribution in [3.63, 3.8) is 0 Å². The molecule has 0 spiro atoms. The van der Waals surface area contributed by atoms with E-state index in [2.05, 4.69) is 15.7 Å². The van der Waals surface area contributed by atoms with Crippen molar-refractivity contribution in [1.82, 2.24) is 8.78 Å². The summed E-state index contributed by atoms with van der Waals surface area (Å²) in [6, 6.07) is 0.910. The van der Waals surface area contributed by atoms with Crippen LogP contribution in [-0.2, 0) is 0 Å². The smallest absolute Gasteiger partial charge is 0.321 e. The number of piperidine rings is 1. The number of fused-ring (bicyclic) bond motifs is 1. The standard InChI is InChI=1S/C9H17N2.Al.2H/c1-8-2-3-9-6-10-4-5-11(9)7-8;;;/h8-9H,2-7H2,1H3;;;/q-1;+1;;. The van der Waals surface area contributed by atoms with Crippen LogP contribution in [0.1, 0.15) is 19.8 Å². The molecular formula is C9H19AlN2. The molecule has 2 unspecified atom stereocenters. The van der Waals surface area contributed by atoms with Crippen molar-refractivity contribution in [2.45, 2.75) is 25.8 Å². The molecule has 0 aliphatic carbocycles. The predicted molar refractivity (Wildman–Crippen MR) is 53.9 cm³/mol. The number of nitrogens with zero attached hydrogens (tertiary/aromatic N) is 2. The normalized spacial score (nSPS) is 39.4. The van der Waals surface area contributed by atoms with Gasteiger partial charge in [0.2, 0.25) is 0 Å². The van der Waals surface area contributed by atoms with Crippen LogP contribution in [0.5, 0.6) is 0 Å². The average molecular weight is 182 g/mol. The van der Waals surface area contributed by atoms with Gasteiger partial charge in [-0.1, -0.05) is 6.92 Å². The molecule has 0 aromatic rings. The first-order valence-electron chi connectivity index (χ1n) is 5.18. The van der Waals surface area contributed by atoms with E-state index < -0.39 is 0 Å². The fourth-order valence-electron chi connectivity index (χ4n) is 2.53. The molecule has 0 aromatic heterocycles. The van der Waals surface area contributed by atoms with Crippen LogP contribution in [0.2, 0.25) is 0 Å². The molecular weight excluding hydrogens is 163 g/mol. The molecule has 2 heterocycles. The highest BCUT2D eigenvalue weighted by Crippen LogP contribution is 2.23. The average Bonchev–Trinajstić information content (AvgIpc) is 2.05. The Morgan fingerprint density at radius 1 is 1.17 bits per heavy atom. The van der Waals surface area contributed by atoms with E-state index in [1.165, 1.54) is 55.5 Å². The van der Waals surface area contributed by atoms with Gasteiger partial charge in [-0.2, -0.15) is 0 Å². The monoisotopic (exact) mass is 182 g/mol. The fraction of sp³-hybridized carbons (Fsp3) is 1.00. The summed E-state index contributed by atoms with van der Waals surface area (Å²) in [4.78, 5) is 2.71. The van der Waals surface area contributed by atoms with Crippen molar-refractivity contribution in [2.75, 3.05) is 26.2 Å². The van der Waals surface area contributed by atoms with Gasteiger partial charge in [-0.3, -0.25) is 4.90 Å². The van der Waals surface area contributed by atoms with Crippen LogP contribution < -0.4 is 0 Å². The molecule has 2 atom stereocenters. The Bertz CT molecular complexity index is 145. The lowest BCUT2D eigenvalue weighted by atomic mass is 9.93. The summed E-state index contributed by atoms with van der Waals surface area (Å²) in [6.45, 7) is 7.77. The zero-order valence-corrected chi connectivity index (χ0v) is 10.3.